The molecule has 0 radical (unpaired) electrons. The number of ether oxygens (including phenoxy) is 4. The Hall–Kier alpha value is -3.22. The smallest absolute Gasteiger partial charge is 0.316 e. The fraction of sp³-hybridized carbons (Fsp3) is 0.263. The fourth-order valence-electron chi connectivity index (χ4n) is 3.01. The molecule has 1 fully saturated rings. The first-order valence-electron chi connectivity index (χ1n) is 8.20. The second-order valence-corrected chi connectivity index (χ2v) is 6.04. The molecule has 2 aromatic rings. The third kappa shape index (κ3) is 3.03. The summed E-state index contributed by atoms with van der Waals surface area (Å²) >= 11 is 0. The van der Waals surface area contributed by atoms with E-state index in [2.05, 4.69) is 0 Å². The lowest BCUT2D eigenvalue weighted by molar-refractivity contribution is -0.139. The number of hydrogen-bond acceptors (Lipinski definition) is 6. The summed E-state index contributed by atoms with van der Waals surface area (Å²) in [6.45, 7) is 0.441. The van der Waals surface area contributed by atoms with Crippen LogP contribution in [0.25, 0.3) is 0 Å². The number of benzene rings is 2. The van der Waals surface area contributed by atoms with Gasteiger partial charge in [0.25, 0.3) is 0 Å². The summed E-state index contributed by atoms with van der Waals surface area (Å²) in [5, 5.41) is 0. The van der Waals surface area contributed by atoms with Crippen molar-refractivity contribution in [3.05, 3.63) is 42.5 Å². The molecule has 0 bridgehead atoms. The number of anilines is 1. The summed E-state index contributed by atoms with van der Waals surface area (Å²) in [6.07, 6.45) is 0.115. The van der Waals surface area contributed by atoms with Crippen LogP contribution < -0.4 is 23.8 Å². The lowest BCUT2D eigenvalue weighted by Crippen LogP contribution is -2.27. The van der Waals surface area contributed by atoms with Crippen LogP contribution in [-0.4, -0.2) is 32.3 Å². The average Bonchev–Trinajstić information content (AvgIpc) is 3.28. The molecular weight excluding hydrogens is 338 g/mol. The Kier molecular flexibility index (Phi) is 4.12. The van der Waals surface area contributed by atoms with E-state index in [9.17, 15) is 9.59 Å². The molecule has 7 heteroatoms. The van der Waals surface area contributed by atoms with Crippen LogP contribution in [0.15, 0.2) is 42.5 Å². The van der Waals surface area contributed by atoms with E-state index in [1.807, 2.05) is 0 Å². The zero-order valence-electron chi connectivity index (χ0n) is 14.1. The normalized spacial score (nSPS) is 18.1. The van der Waals surface area contributed by atoms with Crippen LogP contribution in [0.5, 0.6) is 23.0 Å². The molecule has 0 saturated carbocycles. The van der Waals surface area contributed by atoms with Crippen molar-refractivity contribution in [3.63, 3.8) is 0 Å². The summed E-state index contributed by atoms with van der Waals surface area (Å²) in [7, 11) is 1.57. The van der Waals surface area contributed by atoms with Crippen LogP contribution >= 0.6 is 0 Å². The summed E-state index contributed by atoms with van der Waals surface area (Å²) in [5.41, 5.74) is 0.680. The predicted molar refractivity (Wildman–Crippen MR) is 91.7 cm³/mol. The first-order chi connectivity index (χ1) is 12.6. The standard InChI is InChI=1S/C19H17NO6/c1-23-14-3-5-15(6-4-14)26-19(22)12-8-18(21)20(10-12)13-2-7-16-17(9-13)25-11-24-16/h2-7,9,12H,8,10-11H2,1H3. The van der Waals surface area contributed by atoms with Crippen LogP contribution in [0.2, 0.25) is 0 Å². The van der Waals surface area contributed by atoms with E-state index in [-0.39, 0.29) is 25.7 Å². The lowest BCUT2D eigenvalue weighted by atomic mass is 10.1. The molecule has 1 amide bonds. The maximum absolute atomic E-state index is 12.4. The number of hydrogen-bond donors (Lipinski definition) is 0. The summed E-state index contributed by atoms with van der Waals surface area (Å²) in [5.74, 6) is 1.28. The molecule has 2 heterocycles. The van der Waals surface area contributed by atoms with Gasteiger partial charge in [-0.1, -0.05) is 0 Å². The number of carbonyl (C=O) groups is 2. The number of rotatable bonds is 4. The minimum atomic E-state index is -0.518. The highest BCUT2D eigenvalue weighted by atomic mass is 16.7. The van der Waals surface area contributed by atoms with E-state index in [0.29, 0.717) is 28.7 Å². The Morgan fingerprint density at radius 1 is 1.08 bits per heavy atom. The molecule has 134 valence electrons. The van der Waals surface area contributed by atoms with Crippen molar-refractivity contribution in [2.24, 2.45) is 5.92 Å². The minimum absolute atomic E-state index is 0.115. The molecule has 2 aromatic carbocycles. The van der Waals surface area contributed by atoms with Gasteiger partial charge in [0.15, 0.2) is 11.5 Å². The van der Waals surface area contributed by atoms with Crippen molar-refractivity contribution in [2.45, 2.75) is 6.42 Å². The zero-order chi connectivity index (χ0) is 18.1. The van der Waals surface area contributed by atoms with Crippen molar-refractivity contribution >= 4 is 17.6 Å². The highest BCUT2D eigenvalue weighted by Crippen LogP contribution is 2.37. The molecule has 0 spiro atoms. The van der Waals surface area contributed by atoms with Crippen LogP contribution in [0.3, 0.4) is 0 Å². The van der Waals surface area contributed by atoms with Crippen molar-refractivity contribution in [1.29, 1.82) is 0 Å². The maximum Gasteiger partial charge on any atom is 0.316 e. The third-order valence-electron chi connectivity index (χ3n) is 4.40. The van der Waals surface area contributed by atoms with Gasteiger partial charge in [-0.3, -0.25) is 9.59 Å². The molecule has 0 N–H and O–H groups in total. The highest BCUT2D eigenvalue weighted by Gasteiger charge is 2.37. The fourth-order valence-corrected chi connectivity index (χ4v) is 3.01. The average molecular weight is 355 g/mol. The molecule has 1 unspecified atom stereocenters. The lowest BCUT2D eigenvalue weighted by Gasteiger charge is -2.17. The number of fused-ring (bicyclic) bond motifs is 1. The molecule has 7 nitrogen and oxygen atoms in total. The Morgan fingerprint density at radius 2 is 1.81 bits per heavy atom. The van der Waals surface area contributed by atoms with Gasteiger partial charge >= 0.3 is 5.97 Å². The third-order valence-corrected chi connectivity index (χ3v) is 4.40. The Bertz CT molecular complexity index is 848. The largest absolute Gasteiger partial charge is 0.497 e. The molecular formula is C19H17NO6. The van der Waals surface area contributed by atoms with Gasteiger partial charge in [0.2, 0.25) is 12.7 Å². The Labute approximate surface area is 150 Å². The van der Waals surface area contributed by atoms with Crippen molar-refractivity contribution < 1.29 is 28.5 Å². The van der Waals surface area contributed by atoms with E-state index in [4.69, 9.17) is 18.9 Å². The van der Waals surface area contributed by atoms with Crippen LogP contribution in [0, 0.1) is 5.92 Å². The monoisotopic (exact) mass is 355 g/mol. The van der Waals surface area contributed by atoms with E-state index in [1.54, 1.807) is 54.5 Å². The number of amides is 1. The van der Waals surface area contributed by atoms with E-state index < -0.39 is 11.9 Å². The number of nitrogens with zero attached hydrogens (tertiary/aromatic N) is 1. The molecule has 2 aliphatic rings. The molecule has 1 atom stereocenters. The van der Waals surface area contributed by atoms with Gasteiger partial charge in [-0.2, -0.15) is 0 Å². The van der Waals surface area contributed by atoms with Gasteiger partial charge < -0.3 is 23.8 Å². The SMILES string of the molecule is COc1ccc(OC(=O)C2CC(=O)N(c3ccc4c(c3)OCO4)C2)cc1. The quantitative estimate of drug-likeness (QED) is 0.619. The van der Waals surface area contributed by atoms with E-state index in [0.717, 1.165) is 0 Å². The Morgan fingerprint density at radius 3 is 2.58 bits per heavy atom. The second kappa shape index (κ2) is 6.59. The predicted octanol–water partition coefficient (Wildman–Crippen LogP) is 2.38. The van der Waals surface area contributed by atoms with E-state index in [1.165, 1.54) is 0 Å². The molecule has 0 aromatic heterocycles. The number of methoxy groups -OCH3 is 1. The summed E-state index contributed by atoms with van der Waals surface area (Å²) < 4.78 is 21.1. The van der Waals surface area contributed by atoms with Gasteiger partial charge in [-0.25, -0.2) is 0 Å². The summed E-state index contributed by atoms with van der Waals surface area (Å²) in [6, 6.07) is 12.0. The van der Waals surface area contributed by atoms with Gasteiger partial charge in [0.05, 0.1) is 13.0 Å². The first-order valence-corrected chi connectivity index (χ1v) is 8.20. The van der Waals surface area contributed by atoms with Crippen LogP contribution in [-0.2, 0) is 9.59 Å². The molecule has 4 rings (SSSR count). The Balaban J connectivity index is 1.44. The van der Waals surface area contributed by atoms with Gasteiger partial charge in [0.1, 0.15) is 11.5 Å². The van der Waals surface area contributed by atoms with Gasteiger partial charge in [0, 0.05) is 24.7 Å². The number of esters is 1. The zero-order valence-corrected chi connectivity index (χ0v) is 14.1. The number of carbonyl (C=O) groups excluding carboxylic acids is 2. The van der Waals surface area contributed by atoms with Gasteiger partial charge in [-0.15, -0.1) is 0 Å². The van der Waals surface area contributed by atoms with Crippen molar-refractivity contribution in [2.75, 3.05) is 25.3 Å². The molecule has 0 aliphatic carbocycles. The maximum atomic E-state index is 12.4. The van der Waals surface area contributed by atoms with Crippen molar-refractivity contribution in [3.8, 4) is 23.0 Å². The topological polar surface area (TPSA) is 74.3 Å². The van der Waals surface area contributed by atoms with Crippen LogP contribution in [0.4, 0.5) is 5.69 Å². The van der Waals surface area contributed by atoms with Gasteiger partial charge in [-0.05, 0) is 36.4 Å². The van der Waals surface area contributed by atoms with Crippen LogP contribution in [0.1, 0.15) is 6.42 Å². The molecule has 2 aliphatic heterocycles. The first kappa shape index (κ1) is 16.3. The van der Waals surface area contributed by atoms with Crippen molar-refractivity contribution in [1.82, 2.24) is 0 Å². The van der Waals surface area contributed by atoms with E-state index >= 15 is 0 Å². The summed E-state index contributed by atoms with van der Waals surface area (Å²) in [4.78, 5) is 26.3. The highest BCUT2D eigenvalue weighted by molar-refractivity contribution is 6.00. The second-order valence-electron chi connectivity index (χ2n) is 6.04. The molecule has 1 saturated heterocycles. The minimum Gasteiger partial charge on any atom is -0.497 e. The molecule has 26 heavy (non-hydrogen) atoms.